The van der Waals surface area contributed by atoms with Gasteiger partial charge in [0.2, 0.25) is 5.76 Å². The van der Waals surface area contributed by atoms with Crippen molar-refractivity contribution in [2.24, 2.45) is 0 Å². The lowest BCUT2D eigenvalue weighted by molar-refractivity contribution is 0.206. The third kappa shape index (κ3) is 2.02. The molecule has 0 aliphatic heterocycles. The van der Waals surface area contributed by atoms with E-state index in [1.54, 1.807) is 18.2 Å². The third-order valence-corrected chi connectivity index (χ3v) is 0.954. The second kappa shape index (κ2) is 3.16. The third-order valence-electron chi connectivity index (χ3n) is 0.877. The van der Waals surface area contributed by atoms with Gasteiger partial charge in [0.05, 0.1) is 12.2 Å². The Hall–Kier alpha value is -1.11. The SMILES string of the molecule is O=C(Cl)OC1=CC=C[C+]=C1. The number of halogens is 1. The Morgan fingerprint density at radius 2 is 2.50 bits per heavy atom. The predicted molar refractivity (Wildman–Crippen MR) is 37.4 cm³/mol. The van der Waals surface area contributed by atoms with Crippen molar-refractivity contribution in [3.63, 3.8) is 0 Å². The van der Waals surface area contributed by atoms with E-state index < -0.39 is 5.43 Å². The monoisotopic (exact) mass is 155 g/mol. The summed E-state index contributed by atoms with van der Waals surface area (Å²) in [6.45, 7) is 0. The van der Waals surface area contributed by atoms with E-state index in [2.05, 4.69) is 10.8 Å². The fourth-order valence-corrected chi connectivity index (χ4v) is 0.622. The highest BCUT2D eigenvalue weighted by atomic mass is 35.5. The number of carbonyl (C=O) groups is 1. The first-order valence-electron chi connectivity index (χ1n) is 2.62. The zero-order chi connectivity index (χ0) is 7.40. The molecule has 0 N–H and O–H groups in total. The van der Waals surface area contributed by atoms with E-state index in [0.717, 1.165) is 0 Å². The molecule has 1 rings (SSSR count). The van der Waals surface area contributed by atoms with E-state index in [9.17, 15) is 4.79 Å². The number of ether oxygens (including phenoxy) is 1. The zero-order valence-electron chi connectivity index (χ0n) is 5.00. The molecule has 0 saturated heterocycles. The average molecular weight is 156 g/mol. The van der Waals surface area contributed by atoms with Crippen LogP contribution in [0.3, 0.4) is 0 Å². The van der Waals surface area contributed by atoms with Crippen molar-refractivity contribution in [1.29, 1.82) is 0 Å². The Morgan fingerprint density at radius 3 is 3.00 bits per heavy atom. The van der Waals surface area contributed by atoms with Gasteiger partial charge in [0.1, 0.15) is 12.2 Å². The first-order valence-corrected chi connectivity index (χ1v) is 3.00. The molecule has 0 bridgehead atoms. The first-order chi connectivity index (χ1) is 4.79. The smallest absolute Gasteiger partial charge is 0.348 e. The molecule has 0 amide bonds. The Bertz CT molecular complexity index is 226. The van der Waals surface area contributed by atoms with Gasteiger partial charge in [-0.25, -0.2) is 4.79 Å². The molecular weight excluding hydrogens is 152 g/mol. The molecule has 0 aromatic rings. The van der Waals surface area contributed by atoms with Gasteiger partial charge < -0.3 is 4.74 Å². The van der Waals surface area contributed by atoms with Crippen LogP contribution in [-0.4, -0.2) is 5.43 Å². The molecule has 3 heteroatoms. The molecule has 0 spiro atoms. The van der Waals surface area contributed by atoms with Gasteiger partial charge >= 0.3 is 5.43 Å². The fraction of sp³-hybridized carbons (Fsp3) is 0. The van der Waals surface area contributed by atoms with Crippen molar-refractivity contribution < 1.29 is 9.53 Å². The second-order valence-corrected chi connectivity index (χ2v) is 1.89. The standard InChI is InChI=1S/C7H4ClO2/c8-7(9)10-6-4-2-1-3-5-6/h1-2,4-5H/q+1. The second-order valence-electron chi connectivity index (χ2n) is 1.58. The lowest BCUT2D eigenvalue weighted by Crippen LogP contribution is -1.92. The summed E-state index contributed by atoms with van der Waals surface area (Å²) in [5.41, 5.74) is -0.834. The van der Waals surface area contributed by atoms with Crippen molar-refractivity contribution in [3.05, 3.63) is 36.1 Å². The quantitative estimate of drug-likeness (QED) is 0.429. The van der Waals surface area contributed by atoms with Gasteiger partial charge in [-0.1, -0.05) is 0 Å². The van der Waals surface area contributed by atoms with Gasteiger partial charge in [-0.15, -0.1) is 0 Å². The summed E-state index contributed by atoms with van der Waals surface area (Å²) in [5, 5.41) is 0. The average Bonchev–Trinajstić information content (AvgIpc) is 1.88. The molecule has 1 aliphatic rings. The van der Waals surface area contributed by atoms with E-state index in [4.69, 9.17) is 11.6 Å². The van der Waals surface area contributed by atoms with Crippen molar-refractivity contribution in [2.45, 2.75) is 0 Å². The fourth-order valence-electron chi connectivity index (χ4n) is 0.533. The summed E-state index contributed by atoms with van der Waals surface area (Å²) in [5.74, 6) is 0.405. The topological polar surface area (TPSA) is 26.3 Å². The van der Waals surface area contributed by atoms with E-state index in [1.807, 2.05) is 0 Å². The first kappa shape index (κ1) is 7.00. The number of rotatable bonds is 1. The number of carbonyl (C=O) groups excluding carboxylic acids is 1. The Kier molecular flexibility index (Phi) is 2.21. The van der Waals surface area contributed by atoms with Crippen LogP contribution in [0.2, 0.25) is 0 Å². The Balaban J connectivity index is 2.58. The summed E-state index contributed by atoms with van der Waals surface area (Å²) >= 11 is 4.94. The molecular formula is C7H4ClO2+. The van der Waals surface area contributed by atoms with Gasteiger partial charge in [0.25, 0.3) is 0 Å². The zero-order valence-corrected chi connectivity index (χ0v) is 5.76. The molecule has 50 valence electrons. The minimum absolute atomic E-state index is 0.405. The van der Waals surface area contributed by atoms with Crippen LogP contribution >= 0.6 is 11.6 Å². The van der Waals surface area contributed by atoms with Crippen molar-refractivity contribution in [3.8, 4) is 0 Å². The maximum Gasteiger partial charge on any atom is 0.422 e. The highest BCUT2D eigenvalue weighted by molar-refractivity contribution is 6.61. The Morgan fingerprint density at radius 1 is 1.70 bits per heavy atom. The molecule has 1 aliphatic carbocycles. The number of hydrogen-bond acceptors (Lipinski definition) is 2. The van der Waals surface area contributed by atoms with Crippen molar-refractivity contribution in [1.82, 2.24) is 0 Å². The molecule has 0 aromatic carbocycles. The van der Waals surface area contributed by atoms with Crippen LogP contribution < -0.4 is 0 Å². The molecule has 0 atom stereocenters. The molecule has 0 unspecified atom stereocenters. The van der Waals surface area contributed by atoms with Crippen LogP contribution in [0.25, 0.3) is 0 Å². The van der Waals surface area contributed by atoms with Gasteiger partial charge in [0, 0.05) is 17.7 Å². The van der Waals surface area contributed by atoms with Crippen LogP contribution in [0.15, 0.2) is 30.1 Å². The summed E-state index contributed by atoms with van der Waals surface area (Å²) < 4.78 is 4.51. The van der Waals surface area contributed by atoms with E-state index in [1.165, 1.54) is 6.08 Å². The van der Waals surface area contributed by atoms with Gasteiger partial charge in [-0.05, 0) is 0 Å². The molecule has 0 fully saturated rings. The predicted octanol–water partition coefficient (Wildman–Crippen LogP) is 2.17. The van der Waals surface area contributed by atoms with Crippen LogP contribution in [0.1, 0.15) is 0 Å². The number of hydrogen-bond donors (Lipinski definition) is 0. The highest BCUT2D eigenvalue weighted by Gasteiger charge is 2.07. The minimum atomic E-state index is -0.834. The summed E-state index contributed by atoms with van der Waals surface area (Å²) in [7, 11) is 0. The van der Waals surface area contributed by atoms with E-state index >= 15 is 0 Å². The summed E-state index contributed by atoms with van der Waals surface area (Å²) in [6, 6.07) is 0. The van der Waals surface area contributed by atoms with Gasteiger partial charge in [-0.2, -0.15) is 0 Å². The molecule has 0 radical (unpaired) electrons. The molecule has 10 heavy (non-hydrogen) atoms. The van der Waals surface area contributed by atoms with E-state index in [0.29, 0.717) is 5.76 Å². The maximum atomic E-state index is 10.1. The maximum absolute atomic E-state index is 10.1. The van der Waals surface area contributed by atoms with Crippen molar-refractivity contribution in [2.75, 3.05) is 0 Å². The van der Waals surface area contributed by atoms with Crippen molar-refractivity contribution >= 4 is 17.0 Å². The van der Waals surface area contributed by atoms with Crippen LogP contribution in [0, 0.1) is 6.08 Å². The molecule has 0 aromatic heterocycles. The normalized spacial score (nSPS) is 13.9. The summed E-state index contributed by atoms with van der Waals surface area (Å²) in [6.07, 6.45) is 9.28. The summed E-state index contributed by atoms with van der Waals surface area (Å²) in [4.78, 5) is 10.1. The lowest BCUT2D eigenvalue weighted by Gasteiger charge is -1.90. The van der Waals surface area contributed by atoms with Gasteiger partial charge in [-0.3, -0.25) is 0 Å². The van der Waals surface area contributed by atoms with Crippen LogP contribution in [0.5, 0.6) is 0 Å². The van der Waals surface area contributed by atoms with Crippen LogP contribution in [0.4, 0.5) is 4.79 Å². The van der Waals surface area contributed by atoms with Crippen LogP contribution in [-0.2, 0) is 4.74 Å². The highest BCUT2D eigenvalue weighted by Crippen LogP contribution is 2.06. The largest absolute Gasteiger partial charge is 0.422 e. The Labute approximate surface area is 63.4 Å². The minimum Gasteiger partial charge on any atom is -0.348 e. The number of allylic oxidation sites excluding steroid dienone is 5. The molecule has 2 nitrogen and oxygen atoms in total. The molecule has 0 heterocycles. The lowest BCUT2D eigenvalue weighted by atomic mass is 10.3. The van der Waals surface area contributed by atoms with E-state index in [-0.39, 0.29) is 0 Å². The molecule has 0 saturated carbocycles. The van der Waals surface area contributed by atoms with Gasteiger partial charge in [0.15, 0.2) is 0 Å².